The molecule has 3 heteroatoms. The van der Waals surface area contributed by atoms with Crippen LogP contribution in [0.3, 0.4) is 0 Å². The van der Waals surface area contributed by atoms with Crippen LogP contribution in [-0.4, -0.2) is 16.1 Å². The lowest BCUT2D eigenvalue weighted by Crippen LogP contribution is -1.89. The van der Waals surface area contributed by atoms with Crippen molar-refractivity contribution in [3.8, 4) is 0 Å². The number of nitrogens with zero attached hydrogens (tertiary/aromatic N) is 1. The first-order valence-electron chi connectivity index (χ1n) is 3.99. The van der Waals surface area contributed by atoms with E-state index in [1.165, 1.54) is 0 Å². The molecule has 68 valence electrons. The number of carbonyl (C=O) groups is 1. The van der Waals surface area contributed by atoms with Gasteiger partial charge in [-0.1, -0.05) is 12.2 Å². The van der Waals surface area contributed by atoms with E-state index in [0.717, 1.165) is 11.3 Å². The van der Waals surface area contributed by atoms with Gasteiger partial charge < -0.3 is 5.11 Å². The van der Waals surface area contributed by atoms with Crippen LogP contribution < -0.4 is 0 Å². The summed E-state index contributed by atoms with van der Waals surface area (Å²) in [7, 11) is 0. The van der Waals surface area contributed by atoms with Gasteiger partial charge in [0.1, 0.15) is 0 Å². The van der Waals surface area contributed by atoms with Crippen LogP contribution in [0.5, 0.6) is 0 Å². The molecule has 13 heavy (non-hydrogen) atoms. The minimum atomic E-state index is -0.818. The highest BCUT2D eigenvalue weighted by Crippen LogP contribution is 2.03. The van der Waals surface area contributed by atoms with Gasteiger partial charge in [0.15, 0.2) is 0 Å². The number of hydrogen-bond acceptors (Lipinski definition) is 2. The van der Waals surface area contributed by atoms with E-state index in [4.69, 9.17) is 5.11 Å². The van der Waals surface area contributed by atoms with Crippen molar-refractivity contribution in [2.24, 2.45) is 0 Å². The summed E-state index contributed by atoms with van der Waals surface area (Å²) in [5.74, 6) is -0.818. The van der Waals surface area contributed by atoms with Crippen LogP contribution in [-0.2, 0) is 4.79 Å². The molecule has 0 aromatic carbocycles. The molecule has 0 fully saturated rings. The van der Waals surface area contributed by atoms with Crippen molar-refractivity contribution < 1.29 is 9.90 Å². The Hall–Kier alpha value is -1.64. The third-order valence-electron chi connectivity index (χ3n) is 1.52. The maximum Gasteiger partial charge on any atom is 0.307 e. The van der Waals surface area contributed by atoms with Gasteiger partial charge in [0.2, 0.25) is 0 Å². The Labute approximate surface area is 76.7 Å². The van der Waals surface area contributed by atoms with Gasteiger partial charge in [-0.15, -0.1) is 0 Å². The molecule has 0 bridgehead atoms. The molecule has 1 N–H and O–H groups in total. The van der Waals surface area contributed by atoms with Crippen LogP contribution in [0.25, 0.3) is 6.08 Å². The molecule has 0 aliphatic heterocycles. The predicted molar refractivity (Wildman–Crippen MR) is 50.3 cm³/mol. The largest absolute Gasteiger partial charge is 0.481 e. The average molecular weight is 177 g/mol. The standard InChI is InChI=1S/C10H11NO2/c1-8-7-9(5-6-11-8)3-2-4-10(12)13/h2-3,5-7H,4H2,1H3,(H,12,13). The molecule has 1 aromatic heterocycles. The Bertz CT molecular complexity index is 331. The Morgan fingerprint density at radius 3 is 3.08 bits per heavy atom. The number of hydrogen-bond donors (Lipinski definition) is 1. The van der Waals surface area contributed by atoms with Crippen molar-refractivity contribution in [1.82, 2.24) is 4.98 Å². The molecule has 0 saturated heterocycles. The number of carboxylic acid groups (broad SMARTS) is 1. The smallest absolute Gasteiger partial charge is 0.307 e. The number of aryl methyl sites for hydroxylation is 1. The van der Waals surface area contributed by atoms with Crippen molar-refractivity contribution in [2.45, 2.75) is 13.3 Å². The fraction of sp³-hybridized carbons (Fsp3) is 0.200. The van der Waals surface area contributed by atoms with E-state index in [2.05, 4.69) is 4.98 Å². The zero-order chi connectivity index (χ0) is 9.68. The Morgan fingerprint density at radius 2 is 2.46 bits per heavy atom. The fourth-order valence-electron chi connectivity index (χ4n) is 0.967. The van der Waals surface area contributed by atoms with E-state index in [9.17, 15) is 4.79 Å². The molecule has 0 radical (unpaired) electrons. The van der Waals surface area contributed by atoms with Crippen molar-refractivity contribution in [3.05, 3.63) is 35.7 Å². The summed E-state index contributed by atoms with van der Waals surface area (Å²) in [4.78, 5) is 14.2. The molecule has 3 nitrogen and oxygen atoms in total. The number of aliphatic carboxylic acids is 1. The van der Waals surface area contributed by atoms with Crippen molar-refractivity contribution in [2.75, 3.05) is 0 Å². The summed E-state index contributed by atoms with van der Waals surface area (Å²) >= 11 is 0. The lowest BCUT2D eigenvalue weighted by Gasteiger charge is -1.93. The van der Waals surface area contributed by atoms with Gasteiger partial charge in [0.25, 0.3) is 0 Å². The van der Waals surface area contributed by atoms with Gasteiger partial charge in [-0.05, 0) is 24.6 Å². The summed E-state index contributed by atoms with van der Waals surface area (Å²) in [5, 5.41) is 8.38. The summed E-state index contributed by atoms with van der Waals surface area (Å²) < 4.78 is 0. The molecule has 0 unspecified atom stereocenters. The third kappa shape index (κ3) is 3.51. The third-order valence-corrected chi connectivity index (χ3v) is 1.52. The second-order valence-corrected chi connectivity index (χ2v) is 2.73. The average Bonchev–Trinajstić information content (AvgIpc) is 2.03. The second kappa shape index (κ2) is 4.40. The van der Waals surface area contributed by atoms with Crippen molar-refractivity contribution in [1.29, 1.82) is 0 Å². The molecule has 0 aliphatic rings. The first kappa shape index (κ1) is 9.45. The minimum absolute atomic E-state index is 0.0569. The van der Waals surface area contributed by atoms with E-state index < -0.39 is 5.97 Å². The first-order valence-corrected chi connectivity index (χ1v) is 3.99. The van der Waals surface area contributed by atoms with Crippen LogP contribution in [0.1, 0.15) is 17.7 Å². The molecular weight excluding hydrogens is 166 g/mol. The Balaban J connectivity index is 2.63. The highest BCUT2D eigenvalue weighted by atomic mass is 16.4. The Kier molecular flexibility index (Phi) is 3.20. The van der Waals surface area contributed by atoms with E-state index >= 15 is 0 Å². The number of rotatable bonds is 3. The van der Waals surface area contributed by atoms with Crippen LogP contribution >= 0.6 is 0 Å². The zero-order valence-electron chi connectivity index (χ0n) is 7.40. The highest BCUT2D eigenvalue weighted by molar-refractivity contribution is 5.70. The molecule has 0 atom stereocenters. The van der Waals surface area contributed by atoms with Gasteiger partial charge in [0, 0.05) is 11.9 Å². The van der Waals surface area contributed by atoms with E-state index in [0.29, 0.717) is 0 Å². The molecule has 0 spiro atoms. The lowest BCUT2D eigenvalue weighted by molar-refractivity contribution is -0.135. The number of carboxylic acids is 1. The summed E-state index contributed by atoms with van der Waals surface area (Å²) in [5.41, 5.74) is 1.91. The van der Waals surface area contributed by atoms with Crippen LogP contribution in [0.4, 0.5) is 0 Å². The molecule has 0 amide bonds. The van der Waals surface area contributed by atoms with Gasteiger partial charge >= 0.3 is 5.97 Å². The monoisotopic (exact) mass is 177 g/mol. The number of aromatic nitrogens is 1. The second-order valence-electron chi connectivity index (χ2n) is 2.73. The molecule has 1 heterocycles. The fourth-order valence-corrected chi connectivity index (χ4v) is 0.967. The summed E-state index contributed by atoms with van der Waals surface area (Å²) in [6, 6.07) is 3.74. The molecular formula is C10H11NO2. The van der Waals surface area contributed by atoms with Gasteiger partial charge in [-0.2, -0.15) is 0 Å². The quantitative estimate of drug-likeness (QED) is 0.766. The topological polar surface area (TPSA) is 50.2 Å². The maximum absolute atomic E-state index is 10.2. The molecule has 0 aliphatic carbocycles. The summed E-state index contributed by atoms with van der Waals surface area (Å²) in [6.45, 7) is 1.90. The van der Waals surface area contributed by atoms with E-state index in [-0.39, 0.29) is 6.42 Å². The van der Waals surface area contributed by atoms with Gasteiger partial charge in [-0.3, -0.25) is 9.78 Å². The molecule has 1 rings (SSSR count). The zero-order valence-corrected chi connectivity index (χ0v) is 7.40. The summed E-state index contributed by atoms with van der Waals surface area (Å²) in [6.07, 6.45) is 5.16. The lowest BCUT2D eigenvalue weighted by atomic mass is 10.2. The first-order chi connectivity index (χ1) is 6.18. The predicted octanol–water partition coefficient (Wildman–Crippen LogP) is 1.88. The minimum Gasteiger partial charge on any atom is -0.481 e. The maximum atomic E-state index is 10.2. The Morgan fingerprint density at radius 1 is 1.69 bits per heavy atom. The van der Waals surface area contributed by atoms with Crippen LogP contribution in [0, 0.1) is 6.92 Å². The van der Waals surface area contributed by atoms with Crippen molar-refractivity contribution in [3.63, 3.8) is 0 Å². The van der Waals surface area contributed by atoms with Gasteiger partial charge in [0.05, 0.1) is 6.42 Å². The molecule has 0 saturated carbocycles. The number of pyridine rings is 1. The van der Waals surface area contributed by atoms with Crippen LogP contribution in [0.2, 0.25) is 0 Å². The van der Waals surface area contributed by atoms with E-state index in [1.54, 1.807) is 18.3 Å². The van der Waals surface area contributed by atoms with Crippen LogP contribution in [0.15, 0.2) is 24.4 Å². The van der Waals surface area contributed by atoms with Crippen molar-refractivity contribution >= 4 is 12.0 Å². The van der Waals surface area contributed by atoms with E-state index in [1.807, 2.05) is 19.1 Å². The molecule has 1 aromatic rings. The van der Waals surface area contributed by atoms with Gasteiger partial charge in [-0.25, -0.2) is 0 Å². The highest BCUT2D eigenvalue weighted by Gasteiger charge is 1.91. The normalized spacial score (nSPS) is 10.5. The SMILES string of the molecule is Cc1cc(C=CCC(=O)O)ccn1.